The van der Waals surface area contributed by atoms with Gasteiger partial charge in [0.05, 0.1) is 19.0 Å². The zero-order valence-electron chi connectivity index (χ0n) is 10.3. The van der Waals surface area contributed by atoms with E-state index in [0.29, 0.717) is 19.5 Å². The van der Waals surface area contributed by atoms with Crippen molar-refractivity contribution in [1.82, 2.24) is 10.3 Å². The van der Waals surface area contributed by atoms with Crippen LogP contribution in [0, 0.1) is 0 Å². The number of aromatic nitrogens is 1. The Morgan fingerprint density at radius 2 is 2.22 bits per heavy atom. The molecule has 0 aliphatic carbocycles. The standard InChI is InChI=1S/C14H16N2O2/c1-18-14(17)6-7-15-9-11-8-12-4-2-3-5-13(12)16-10-11/h2-5,8,10,15H,6-7,9H2,1H3. The first kappa shape index (κ1) is 12.5. The maximum atomic E-state index is 10.9. The average molecular weight is 244 g/mol. The molecular weight excluding hydrogens is 228 g/mol. The quantitative estimate of drug-likeness (QED) is 0.644. The van der Waals surface area contributed by atoms with Crippen molar-refractivity contribution < 1.29 is 9.53 Å². The SMILES string of the molecule is COC(=O)CCNCc1cnc2ccccc2c1. The second-order valence-corrected chi connectivity index (χ2v) is 4.04. The van der Waals surface area contributed by atoms with Crippen molar-refractivity contribution in [2.24, 2.45) is 0 Å². The van der Waals surface area contributed by atoms with Crippen molar-refractivity contribution >= 4 is 16.9 Å². The summed E-state index contributed by atoms with van der Waals surface area (Å²) in [5.41, 5.74) is 2.11. The second kappa shape index (κ2) is 6.12. The molecule has 1 N–H and O–H groups in total. The summed E-state index contributed by atoms with van der Waals surface area (Å²) in [6, 6.07) is 10.1. The molecule has 94 valence electrons. The van der Waals surface area contributed by atoms with Crippen LogP contribution in [0.5, 0.6) is 0 Å². The number of carbonyl (C=O) groups is 1. The smallest absolute Gasteiger partial charge is 0.306 e. The normalized spacial score (nSPS) is 10.5. The number of esters is 1. The van der Waals surface area contributed by atoms with Gasteiger partial charge in [0.25, 0.3) is 0 Å². The number of para-hydroxylation sites is 1. The Hall–Kier alpha value is -1.94. The maximum absolute atomic E-state index is 10.9. The van der Waals surface area contributed by atoms with Gasteiger partial charge in [0, 0.05) is 24.7 Å². The molecule has 0 spiro atoms. The Morgan fingerprint density at radius 3 is 3.06 bits per heavy atom. The number of benzene rings is 1. The van der Waals surface area contributed by atoms with Crippen LogP contribution in [0.3, 0.4) is 0 Å². The third kappa shape index (κ3) is 3.28. The largest absolute Gasteiger partial charge is 0.469 e. The number of fused-ring (bicyclic) bond motifs is 1. The zero-order chi connectivity index (χ0) is 12.8. The van der Waals surface area contributed by atoms with Crippen LogP contribution in [-0.4, -0.2) is 24.6 Å². The first-order chi connectivity index (χ1) is 8.79. The van der Waals surface area contributed by atoms with Crippen LogP contribution >= 0.6 is 0 Å². The van der Waals surface area contributed by atoms with E-state index in [2.05, 4.69) is 21.1 Å². The predicted octanol–water partition coefficient (Wildman–Crippen LogP) is 1.89. The highest BCUT2D eigenvalue weighted by Crippen LogP contribution is 2.12. The van der Waals surface area contributed by atoms with Crippen molar-refractivity contribution in [2.75, 3.05) is 13.7 Å². The summed E-state index contributed by atoms with van der Waals surface area (Å²) in [6.45, 7) is 1.31. The lowest BCUT2D eigenvalue weighted by Crippen LogP contribution is -2.18. The van der Waals surface area contributed by atoms with Gasteiger partial charge in [0.2, 0.25) is 0 Å². The number of nitrogens with one attached hydrogen (secondary N) is 1. The third-order valence-electron chi connectivity index (χ3n) is 2.71. The van der Waals surface area contributed by atoms with Crippen LogP contribution in [-0.2, 0) is 16.1 Å². The lowest BCUT2D eigenvalue weighted by Gasteiger charge is -2.05. The lowest BCUT2D eigenvalue weighted by atomic mass is 10.1. The van der Waals surface area contributed by atoms with Crippen molar-refractivity contribution in [3.63, 3.8) is 0 Å². The van der Waals surface area contributed by atoms with Gasteiger partial charge >= 0.3 is 5.97 Å². The minimum absolute atomic E-state index is 0.195. The van der Waals surface area contributed by atoms with E-state index in [1.165, 1.54) is 7.11 Å². The molecule has 0 aliphatic heterocycles. The van der Waals surface area contributed by atoms with Gasteiger partial charge in [-0.2, -0.15) is 0 Å². The molecule has 2 aromatic rings. The third-order valence-corrected chi connectivity index (χ3v) is 2.71. The summed E-state index contributed by atoms with van der Waals surface area (Å²) in [7, 11) is 1.40. The number of ether oxygens (including phenoxy) is 1. The highest BCUT2D eigenvalue weighted by molar-refractivity contribution is 5.78. The maximum Gasteiger partial charge on any atom is 0.306 e. The molecule has 0 radical (unpaired) electrons. The predicted molar refractivity (Wildman–Crippen MR) is 70.1 cm³/mol. The monoisotopic (exact) mass is 244 g/mol. The highest BCUT2D eigenvalue weighted by atomic mass is 16.5. The highest BCUT2D eigenvalue weighted by Gasteiger charge is 2.00. The number of hydrogen-bond donors (Lipinski definition) is 1. The van der Waals surface area contributed by atoms with Crippen molar-refractivity contribution in [3.8, 4) is 0 Å². The van der Waals surface area contributed by atoms with E-state index in [1.807, 2.05) is 30.5 Å². The Kier molecular flexibility index (Phi) is 4.25. The van der Waals surface area contributed by atoms with E-state index in [-0.39, 0.29) is 5.97 Å². The van der Waals surface area contributed by atoms with E-state index in [9.17, 15) is 4.79 Å². The molecule has 0 fully saturated rings. The molecule has 18 heavy (non-hydrogen) atoms. The van der Waals surface area contributed by atoms with Crippen LogP contribution in [0.15, 0.2) is 36.5 Å². The van der Waals surface area contributed by atoms with E-state index in [1.54, 1.807) is 0 Å². The van der Waals surface area contributed by atoms with Gasteiger partial charge in [0.1, 0.15) is 0 Å². The number of nitrogens with zero attached hydrogens (tertiary/aromatic N) is 1. The summed E-state index contributed by atoms with van der Waals surface area (Å²) in [4.78, 5) is 15.3. The summed E-state index contributed by atoms with van der Waals surface area (Å²) in [5.74, 6) is -0.195. The molecule has 0 aliphatic rings. The average Bonchev–Trinajstić information content (AvgIpc) is 2.43. The first-order valence-electron chi connectivity index (χ1n) is 5.91. The Morgan fingerprint density at radius 1 is 1.39 bits per heavy atom. The van der Waals surface area contributed by atoms with E-state index >= 15 is 0 Å². The minimum atomic E-state index is -0.195. The van der Waals surface area contributed by atoms with E-state index in [0.717, 1.165) is 16.5 Å². The second-order valence-electron chi connectivity index (χ2n) is 4.04. The van der Waals surface area contributed by atoms with Gasteiger partial charge in [0.15, 0.2) is 0 Å². The van der Waals surface area contributed by atoms with Gasteiger partial charge in [-0.25, -0.2) is 0 Å². The summed E-state index contributed by atoms with van der Waals surface area (Å²) >= 11 is 0. The van der Waals surface area contributed by atoms with Crippen LogP contribution in [0.4, 0.5) is 0 Å². The van der Waals surface area contributed by atoms with Gasteiger partial charge < -0.3 is 10.1 Å². The fourth-order valence-electron chi connectivity index (χ4n) is 1.74. The molecule has 0 atom stereocenters. The van der Waals surface area contributed by atoms with Gasteiger partial charge in [-0.3, -0.25) is 9.78 Å². The number of hydrogen-bond acceptors (Lipinski definition) is 4. The Labute approximate surface area is 106 Å². The molecule has 1 heterocycles. The Balaban J connectivity index is 1.90. The first-order valence-corrected chi connectivity index (χ1v) is 5.91. The molecule has 0 saturated carbocycles. The molecule has 1 aromatic carbocycles. The number of methoxy groups -OCH3 is 1. The summed E-state index contributed by atoms with van der Waals surface area (Å²) in [5, 5.41) is 4.32. The summed E-state index contributed by atoms with van der Waals surface area (Å²) in [6.07, 6.45) is 2.24. The summed E-state index contributed by atoms with van der Waals surface area (Å²) < 4.78 is 4.57. The zero-order valence-corrected chi connectivity index (χ0v) is 10.3. The molecule has 0 bridgehead atoms. The van der Waals surface area contributed by atoms with Crippen molar-refractivity contribution in [2.45, 2.75) is 13.0 Å². The van der Waals surface area contributed by atoms with E-state index < -0.39 is 0 Å². The molecule has 1 aromatic heterocycles. The van der Waals surface area contributed by atoms with Gasteiger partial charge in [-0.15, -0.1) is 0 Å². The molecule has 0 unspecified atom stereocenters. The van der Waals surface area contributed by atoms with Crippen molar-refractivity contribution in [3.05, 3.63) is 42.1 Å². The van der Waals surface area contributed by atoms with Crippen molar-refractivity contribution in [1.29, 1.82) is 0 Å². The molecule has 4 heteroatoms. The molecule has 2 rings (SSSR count). The number of carbonyl (C=O) groups excluding carboxylic acids is 1. The van der Waals surface area contributed by atoms with Gasteiger partial charge in [-0.1, -0.05) is 18.2 Å². The van der Waals surface area contributed by atoms with Crippen LogP contribution in [0.2, 0.25) is 0 Å². The van der Waals surface area contributed by atoms with Crippen LogP contribution in [0.1, 0.15) is 12.0 Å². The van der Waals surface area contributed by atoms with E-state index in [4.69, 9.17) is 0 Å². The fraction of sp³-hybridized carbons (Fsp3) is 0.286. The number of pyridine rings is 1. The minimum Gasteiger partial charge on any atom is -0.469 e. The lowest BCUT2D eigenvalue weighted by molar-refractivity contribution is -0.140. The van der Waals surface area contributed by atoms with Crippen LogP contribution < -0.4 is 5.32 Å². The molecule has 0 saturated heterocycles. The molecule has 4 nitrogen and oxygen atoms in total. The fourth-order valence-corrected chi connectivity index (χ4v) is 1.74. The number of rotatable bonds is 5. The van der Waals surface area contributed by atoms with Crippen LogP contribution in [0.25, 0.3) is 10.9 Å². The Bertz CT molecular complexity index is 540. The molecule has 0 amide bonds. The van der Waals surface area contributed by atoms with Gasteiger partial charge in [-0.05, 0) is 17.7 Å². The topological polar surface area (TPSA) is 51.2 Å². The molecular formula is C14H16N2O2.